The predicted molar refractivity (Wildman–Crippen MR) is 71.5 cm³/mol. The van der Waals surface area contributed by atoms with Gasteiger partial charge in [-0.05, 0) is 18.9 Å². The molecule has 0 radical (unpaired) electrons. The lowest BCUT2D eigenvalue weighted by Gasteiger charge is -2.31. The van der Waals surface area contributed by atoms with Gasteiger partial charge in [0, 0.05) is 31.6 Å². The number of nitrogens with zero attached hydrogens (tertiary/aromatic N) is 3. The number of aromatic nitrogens is 2. The second-order valence-corrected chi connectivity index (χ2v) is 6.17. The molecule has 0 unspecified atom stereocenters. The van der Waals surface area contributed by atoms with Gasteiger partial charge in [-0.25, -0.2) is 0 Å². The van der Waals surface area contributed by atoms with E-state index in [0.29, 0.717) is 6.04 Å². The van der Waals surface area contributed by atoms with Crippen LogP contribution in [0.5, 0.6) is 0 Å². The molecular weight excluding hydrogens is 226 g/mol. The molecule has 0 aromatic carbocycles. The van der Waals surface area contributed by atoms with Crippen LogP contribution < -0.4 is 0 Å². The lowest BCUT2D eigenvalue weighted by atomic mass is 9.93. The normalized spacial score (nSPS) is 18.1. The standard InChI is InChI=1S/C14H23N3O/c1-11(18)16-8-5-12(6-9-16)17-10-7-13(15-17)14(2,3)4/h7,10,12H,5-6,8-9H2,1-4H3. The van der Waals surface area contributed by atoms with E-state index in [0.717, 1.165) is 31.6 Å². The zero-order chi connectivity index (χ0) is 13.3. The number of amides is 1. The molecule has 0 spiro atoms. The average molecular weight is 249 g/mol. The van der Waals surface area contributed by atoms with Gasteiger partial charge >= 0.3 is 0 Å². The quantitative estimate of drug-likeness (QED) is 0.766. The van der Waals surface area contributed by atoms with Crippen LogP contribution in [0.2, 0.25) is 0 Å². The third-order valence-corrected chi connectivity index (χ3v) is 3.66. The molecule has 1 aromatic heterocycles. The summed E-state index contributed by atoms with van der Waals surface area (Å²) in [5.74, 6) is 0.185. The van der Waals surface area contributed by atoms with Crippen molar-refractivity contribution in [3.8, 4) is 0 Å². The zero-order valence-electron chi connectivity index (χ0n) is 11.8. The fraction of sp³-hybridized carbons (Fsp3) is 0.714. The molecule has 1 aromatic rings. The first-order valence-corrected chi connectivity index (χ1v) is 6.69. The first kappa shape index (κ1) is 13.1. The average Bonchev–Trinajstić information content (AvgIpc) is 2.78. The van der Waals surface area contributed by atoms with Crippen LogP contribution in [0.15, 0.2) is 12.3 Å². The molecule has 100 valence electrons. The summed E-state index contributed by atoms with van der Waals surface area (Å²) >= 11 is 0. The van der Waals surface area contributed by atoms with Crippen LogP contribution >= 0.6 is 0 Å². The number of carbonyl (C=O) groups is 1. The molecule has 0 aliphatic carbocycles. The van der Waals surface area contributed by atoms with Gasteiger partial charge < -0.3 is 4.90 Å². The van der Waals surface area contributed by atoms with Gasteiger partial charge in [0.2, 0.25) is 5.91 Å². The molecule has 1 saturated heterocycles. The van der Waals surface area contributed by atoms with E-state index in [9.17, 15) is 4.79 Å². The van der Waals surface area contributed by atoms with E-state index in [1.807, 2.05) is 4.90 Å². The van der Waals surface area contributed by atoms with Crippen LogP contribution in [0.1, 0.15) is 52.3 Å². The summed E-state index contributed by atoms with van der Waals surface area (Å²) in [5, 5.41) is 4.69. The molecule has 4 nitrogen and oxygen atoms in total. The number of piperidine rings is 1. The number of hydrogen-bond acceptors (Lipinski definition) is 2. The zero-order valence-corrected chi connectivity index (χ0v) is 11.8. The Morgan fingerprint density at radius 3 is 2.39 bits per heavy atom. The van der Waals surface area contributed by atoms with E-state index in [1.54, 1.807) is 6.92 Å². The van der Waals surface area contributed by atoms with Gasteiger partial charge in [-0.2, -0.15) is 5.10 Å². The number of likely N-dealkylation sites (tertiary alicyclic amines) is 1. The summed E-state index contributed by atoms with van der Waals surface area (Å²) < 4.78 is 2.08. The Balaban J connectivity index is 2.02. The van der Waals surface area contributed by atoms with Crippen LogP contribution in [0.25, 0.3) is 0 Å². The molecule has 0 saturated carbocycles. The van der Waals surface area contributed by atoms with E-state index in [1.165, 1.54) is 0 Å². The monoisotopic (exact) mass is 249 g/mol. The Kier molecular flexibility index (Phi) is 3.46. The summed E-state index contributed by atoms with van der Waals surface area (Å²) in [6, 6.07) is 2.55. The molecule has 2 rings (SSSR count). The van der Waals surface area contributed by atoms with Gasteiger partial charge in [0.25, 0.3) is 0 Å². The van der Waals surface area contributed by atoms with Crippen molar-refractivity contribution in [3.63, 3.8) is 0 Å². The van der Waals surface area contributed by atoms with Gasteiger partial charge in [-0.1, -0.05) is 20.8 Å². The van der Waals surface area contributed by atoms with Crippen molar-refractivity contribution in [2.45, 2.75) is 52.0 Å². The Morgan fingerprint density at radius 2 is 1.94 bits per heavy atom. The minimum absolute atomic E-state index is 0.103. The smallest absolute Gasteiger partial charge is 0.219 e. The Bertz CT molecular complexity index is 422. The van der Waals surface area contributed by atoms with Crippen molar-refractivity contribution in [3.05, 3.63) is 18.0 Å². The summed E-state index contributed by atoms with van der Waals surface area (Å²) in [6.07, 6.45) is 4.09. The highest BCUT2D eigenvalue weighted by atomic mass is 16.2. The van der Waals surface area contributed by atoms with Crippen molar-refractivity contribution in [2.24, 2.45) is 0 Å². The molecule has 1 aliphatic rings. The SMILES string of the molecule is CC(=O)N1CCC(n2ccc(C(C)(C)C)n2)CC1. The largest absolute Gasteiger partial charge is 0.343 e. The summed E-state index contributed by atoms with van der Waals surface area (Å²) in [4.78, 5) is 13.2. The van der Waals surface area contributed by atoms with Crippen LogP contribution in [0.4, 0.5) is 0 Å². The molecule has 1 fully saturated rings. The second kappa shape index (κ2) is 4.75. The fourth-order valence-corrected chi connectivity index (χ4v) is 2.39. The minimum Gasteiger partial charge on any atom is -0.343 e. The molecule has 0 N–H and O–H groups in total. The van der Waals surface area contributed by atoms with Gasteiger partial charge in [0.1, 0.15) is 0 Å². The predicted octanol–water partition coefficient (Wildman–Crippen LogP) is 2.36. The summed E-state index contributed by atoms with van der Waals surface area (Å²) in [5.41, 5.74) is 1.24. The van der Waals surface area contributed by atoms with E-state index < -0.39 is 0 Å². The molecule has 1 aliphatic heterocycles. The van der Waals surface area contributed by atoms with Crippen molar-refractivity contribution in [2.75, 3.05) is 13.1 Å². The maximum absolute atomic E-state index is 11.3. The van der Waals surface area contributed by atoms with Gasteiger partial charge in [0.15, 0.2) is 0 Å². The van der Waals surface area contributed by atoms with Crippen LogP contribution in [0.3, 0.4) is 0 Å². The molecule has 0 bridgehead atoms. The molecular formula is C14H23N3O. The summed E-state index contributed by atoms with van der Waals surface area (Å²) in [6.45, 7) is 9.88. The summed E-state index contributed by atoms with van der Waals surface area (Å²) in [7, 11) is 0. The fourth-order valence-electron chi connectivity index (χ4n) is 2.39. The van der Waals surface area contributed by atoms with E-state index in [4.69, 9.17) is 0 Å². The highest BCUT2D eigenvalue weighted by molar-refractivity contribution is 5.73. The van der Waals surface area contributed by atoms with Gasteiger partial charge in [-0.15, -0.1) is 0 Å². The van der Waals surface area contributed by atoms with Crippen molar-refractivity contribution >= 4 is 5.91 Å². The Labute approximate surface area is 109 Å². The molecule has 1 amide bonds. The van der Waals surface area contributed by atoms with Gasteiger partial charge in [0.05, 0.1) is 11.7 Å². The lowest BCUT2D eigenvalue weighted by molar-refractivity contribution is -0.130. The van der Waals surface area contributed by atoms with Gasteiger partial charge in [-0.3, -0.25) is 9.48 Å². The third-order valence-electron chi connectivity index (χ3n) is 3.66. The second-order valence-electron chi connectivity index (χ2n) is 6.17. The van der Waals surface area contributed by atoms with E-state index in [-0.39, 0.29) is 11.3 Å². The van der Waals surface area contributed by atoms with Crippen LogP contribution in [-0.2, 0) is 10.2 Å². The maximum atomic E-state index is 11.3. The lowest BCUT2D eigenvalue weighted by Crippen LogP contribution is -2.37. The molecule has 2 heterocycles. The topological polar surface area (TPSA) is 38.1 Å². The van der Waals surface area contributed by atoms with Crippen LogP contribution in [-0.4, -0.2) is 33.7 Å². The van der Waals surface area contributed by atoms with Crippen molar-refractivity contribution in [1.29, 1.82) is 0 Å². The number of hydrogen-bond donors (Lipinski definition) is 0. The highest BCUT2D eigenvalue weighted by Gasteiger charge is 2.24. The molecule has 18 heavy (non-hydrogen) atoms. The van der Waals surface area contributed by atoms with E-state index >= 15 is 0 Å². The minimum atomic E-state index is 0.103. The van der Waals surface area contributed by atoms with Crippen molar-refractivity contribution in [1.82, 2.24) is 14.7 Å². The molecule has 4 heteroatoms. The first-order chi connectivity index (χ1) is 8.38. The molecule has 0 atom stereocenters. The Hall–Kier alpha value is -1.32. The Morgan fingerprint density at radius 1 is 1.33 bits per heavy atom. The number of rotatable bonds is 1. The third kappa shape index (κ3) is 2.74. The van der Waals surface area contributed by atoms with E-state index in [2.05, 4.69) is 42.8 Å². The maximum Gasteiger partial charge on any atom is 0.219 e. The van der Waals surface area contributed by atoms with Crippen molar-refractivity contribution < 1.29 is 4.79 Å². The highest BCUT2D eigenvalue weighted by Crippen LogP contribution is 2.25. The number of carbonyl (C=O) groups excluding carboxylic acids is 1. The first-order valence-electron chi connectivity index (χ1n) is 6.69. The van der Waals surface area contributed by atoms with Crippen LogP contribution in [0, 0.1) is 0 Å².